The Kier molecular flexibility index (Phi) is 9.51. The van der Waals surface area contributed by atoms with Gasteiger partial charge in [0.25, 0.3) is 0 Å². The zero-order valence-corrected chi connectivity index (χ0v) is 26.4. The first kappa shape index (κ1) is 31.8. The van der Waals surface area contributed by atoms with Crippen LogP contribution in [0.15, 0.2) is 170 Å². The first-order valence-electron chi connectivity index (χ1n) is 15.6. The van der Waals surface area contributed by atoms with E-state index in [1.807, 2.05) is 60.7 Å². The highest BCUT2D eigenvalue weighted by Gasteiger charge is 2.07. The third kappa shape index (κ3) is 8.76. The Bertz CT molecular complexity index is 2030. The van der Waals surface area contributed by atoms with E-state index in [2.05, 4.69) is 0 Å². The second-order valence-electron chi connectivity index (χ2n) is 10.9. The highest BCUT2D eigenvalue weighted by Crippen LogP contribution is 2.33. The Morgan fingerprint density at radius 2 is 0.420 bits per heavy atom. The monoisotopic (exact) mass is 666 g/mol. The topological polar surface area (TPSA) is 55.4 Å². The van der Waals surface area contributed by atoms with Crippen LogP contribution in [-0.2, 0) is 0 Å². The molecule has 7 aromatic carbocycles. The SMILES string of the molecule is Fc1cccc(Oc2cccc(Oc3ccc(Oc4ccc(Oc5ccc(Oc6cccc(Oc7cccc(F)c7)c6)cc5)cc4)cc3)c2)c1. The summed E-state index contributed by atoms with van der Waals surface area (Å²) in [5, 5.41) is 0. The minimum absolute atomic E-state index is 0.368. The predicted molar refractivity (Wildman–Crippen MR) is 185 cm³/mol. The first-order chi connectivity index (χ1) is 24.5. The van der Waals surface area contributed by atoms with E-state index in [-0.39, 0.29) is 11.6 Å². The minimum atomic E-state index is -0.368. The zero-order valence-electron chi connectivity index (χ0n) is 26.4. The van der Waals surface area contributed by atoms with Crippen LogP contribution in [0.2, 0.25) is 0 Å². The normalized spacial score (nSPS) is 10.6. The molecule has 0 atom stereocenters. The van der Waals surface area contributed by atoms with Gasteiger partial charge in [-0.05, 0) is 121 Å². The van der Waals surface area contributed by atoms with E-state index in [1.165, 1.54) is 24.3 Å². The summed E-state index contributed by atoms with van der Waals surface area (Å²) >= 11 is 0. The van der Waals surface area contributed by atoms with Crippen LogP contribution in [0.25, 0.3) is 0 Å². The Morgan fingerprint density at radius 3 is 0.680 bits per heavy atom. The van der Waals surface area contributed by atoms with Crippen molar-refractivity contribution in [1.82, 2.24) is 0 Å². The smallest absolute Gasteiger partial charge is 0.131 e. The van der Waals surface area contributed by atoms with Crippen LogP contribution < -0.4 is 28.4 Å². The van der Waals surface area contributed by atoms with Gasteiger partial charge in [-0.3, -0.25) is 0 Å². The molecule has 0 N–H and O–H groups in total. The molecule has 0 aliphatic carbocycles. The molecule has 0 fully saturated rings. The predicted octanol–water partition coefficient (Wildman–Crippen LogP) is 12.7. The van der Waals surface area contributed by atoms with Gasteiger partial charge in [-0.2, -0.15) is 0 Å². The van der Waals surface area contributed by atoms with Crippen LogP contribution >= 0.6 is 0 Å². The number of hydrogen-bond acceptors (Lipinski definition) is 6. The summed E-state index contributed by atoms with van der Waals surface area (Å²) < 4.78 is 62.4. The van der Waals surface area contributed by atoms with Gasteiger partial charge in [-0.1, -0.05) is 24.3 Å². The van der Waals surface area contributed by atoms with E-state index in [9.17, 15) is 8.78 Å². The van der Waals surface area contributed by atoms with Crippen molar-refractivity contribution in [2.45, 2.75) is 0 Å². The third-order valence-electron chi connectivity index (χ3n) is 7.09. The second-order valence-corrected chi connectivity index (χ2v) is 10.9. The summed E-state index contributed by atoms with van der Waals surface area (Å²) in [6.45, 7) is 0. The summed E-state index contributed by atoms with van der Waals surface area (Å²) in [4.78, 5) is 0. The average Bonchev–Trinajstić information content (AvgIpc) is 3.11. The van der Waals surface area contributed by atoms with Gasteiger partial charge >= 0.3 is 0 Å². The molecule has 0 heterocycles. The van der Waals surface area contributed by atoms with E-state index in [0.29, 0.717) is 69.0 Å². The molecule has 246 valence electrons. The lowest BCUT2D eigenvalue weighted by atomic mass is 10.3. The lowest BCUT2D eigenvalue weighted by molar-refractivity contribution is 0.452. The van der Waals surface area contributed by atoms with Gasteiger partial charge in [0.15, 0.2) is 0 Å². The quantitative estimate of drug-likeness (QED) is 0.129. The molecule has 7 aromatic rings. The van der Waals surface area contributed by atoms with Crippen molar-refractivity contribution in [2.75, 3.05) is 0 Å². The molecule has 0 amide bonds. The maximum Gasteiger partial charge on any atom is 0.131 e. The van der Waals surface area contributed by atoms with Gasteiger partial charge in [0.2, 0.25) is 0 Å². The summed E-state index contributed by atoms with van der Waals surface area (Å²) in [7, 11) is 0. The van der Waals surface area contributed by atoms with Crippen molar-refractivity contribution in [3.8, 4) is 69.0 Å². The van der Waals surface area contributed by atoms with Gasteiger partial charge in [0.1, 0.15) is 80.6 Å². The van der Waals surface area contributed by atoms with Crippen molar-refractivity contribution in [3.63, 3.8) is 0 Å². The zero-order chi connectivity index (χ0) is 34.1. The summed E-state index contributed by atoms with van der Waals surface area (Å²) in [6.07, 6.45) is 0. The van der Waals surface area contributed by atoms with Crippen molar-refractivity contribution >= 4 is 0 Å². The van der Waals surface area contributed by atoms with Crippen molar-refractivity contribution in [3.05, 3.63) is 181 Å². The lowest BCUT2D eigenvalue weighted by Gasteiger charge is -2.11. The Labute approximate surface area is 287 Å². The first-order valence-corrected chi connectivity index (χ1v) is 15.6. The maximum atomic E-state index is 13.5. The molecule has 6 nitrogen and oxygen atoms in total. The number of benzene rings is 7. The van der Waals surface area contributed by atoms with Gasteiger partial charge < -0.3 is 28.4 Å². The van der Waals surface area contributed by atoms with E-state index in [1.54, 1.807) is 84.9 Å². The molecule has 0 aliphatic rings. The van der Waals surface area contributed by atoms with E-state index in [4.69, 9.17) is 28.4 Å². The molecule has 0 saturated heterocycles. The average molecular weight is 667 g/mol. The van der Waals surface area contributed by atoms with E-state index in [0.717, 1.165) is 0 Å². The Balaban J connectivity index is 0.899. The second kappa shape index (κ2) is 15.0. The van der Waals surface area contributed by atoms with E-state index >= 15 is 0 Å². The van der Waals surface area contributed by atoms with Gasteiger partial charge in [-0.25, -0.2) is 8.78 Å². The fraction of sp³-hybridized carbons (Fsp3) is 0. The van der Waals surface area contributed by atoms with Crippen molar-refractivity contribution in [1.29, 1.82) is 0 Å². The number of rotatable bonds is 12. The fourth-order valence-electron chi connectivity index (χ4n) is 4.81. The van der Waals surface area contributed by atoms with Crippen LogP contribution in [0.1, 0.15) is 0 Å². The molecule has 0 saturated carbocycles. The Morgan fingerprint density at radius 1 is 0.220 bits per heavy atom. The van der Waals surface area contributed by atoms with E-state index < -0.39 is 0 Å². The van der Waals surface area contributed by atoms with Gasteiger partial charge in [-0.15, -0.1) is 0 Å². The van der Waals surface area contributed by atoms with Crippen LogP contribution in [0.5, 0.6) is 69.0 Å². The third-order valence-corrected chi connectivity index (χ3v) is 7.09. The molecule has 0 bridgehead atoms. The molecular weight excluding hydrogens is 638 g/mol. The van der Waals surface area contributed by atoms with Crippen LogP contribution in [0, 0.1) is 11.6 Å². The molecule has 8 heteroatoms. The minimum Gasteiger partial charge on any atom is -0.457 e. The van der Waals surface area contributed by atoms with Gasteiger partial charge in [0, 0.05) is 24.3 Å². The highest BCUT2D eigenvalue weighted by atomic mass is 19.1. The van der Waals surface area contributed by atoms with Crippen LogP contribution in [0.4, 0.5) is 8.78 Å². The molecule has 0 aliphatic heterocycles. The molecule has 7 rings (SSSR count). The fourth-order valence-corrected chi connectivity index (χ4v) is 4.81. The molecule has 0 aromatic heterocycles. The van der Waals surface area contributed by atoms with Crippen LogP contribution in [-0.4, -0.2) is 0 Å². The highest BCUT2D eigenvalue weighted by molar-refractivity contribution is 5.44. The van der Waals surface area contributed by atoms with Gasteiger partial charge in [0.05, 0.1) is 0 Å². The summed E-state index contributed by atoms with van der Waals surface area (Å²) in [5.41, 5.74) is 0. The Hall–Kier alpha value is -6.80. The largest absolute Gasteiger partial charge is 0.457 e. The standard InChI is InChI=1S/C42H28F2O6/c43-29-5-1-7-37(25-29)49-41-11-3-9-39(27-41)47-35-21-17-33(18-22-35)45-31-13-15-32(16-14-31)46-34-19-23-36(24-20-34)48-40-10-4-12-42(28-40)50-38-8-2-6-30(44)26-38/h1-28H. The summed E-state index contributed by atoms with van der Waals surface area (Å²) in [5.74, 6) is 6.05. The number of halogens is 2. The molecule has 50 heavy (non-hydrogen) atoms. The number of hydrogen-bond donors (Lipinski definition) is 0. The van der Waals surface area contributed by atoms with Crippen molar-refractivity contribution in [2.24, 2.45) is 0 Å². The summed E-state index contributed by atoms with van der Waals surface area (Å²) in [6, 6.07) is 47.9. The van der Waals surface area contributed by atoms with Crippen molar-refractivity contribution < 1.29 is 37.2 Å². The number of ether oxygens (including phenoxy) is 6. The molecule has 0 spiro atoms. The molecule has 0 radical (unpaired) electrons. The lowest BCUT2D eigenvalue weighted by Crippen LogP contribution is -1.89. The van der Waals surface area contributed by atoms with Crippen LogP contribution in [0.3, 0.4) is 0 Å². The molecule has 0 unspecified atom stereocenters. The molecular formula is C42H28F2O6. The maximum absolute atomic E-state index is 13.5.